The predicted molar refractivity (Wildman–Crippen MR) is 62.7 cm³/mol. The van der Waals surface area contributed by atoms with Crippen LogP contribution in [0.2, 0.25) is 0 Å². The summed E-state index contributed by atoms with van der Waals surface area (Å²) in [5.41, 5.74) is 0.320. The zero-order valence-electron chi connectivity index (χ0n) is 10.4. The Morgan fingerprint density at radius 1 is 1.27 bits per heavy atom. The van der Waals surface area contributed by atoms with Crippen molar-refractivity contribution in [1.29, 1.82) is 0 Å². The van der Waals surface area contributed by atoms with Gasteiger partial charge < -0.3 is 9.59 Å². The van der Waals surface area contributed by atoms with Gasteiger partial charge in [-0.15, -0.1) is 0 Å². The lowest BCUT2D eigenvalue weighted by atomic mass is 10.0. The SMILES string of the molecule is C=C(CC(C)[N+](CC)(CC)CC)C(=O)O. The number of aliphatic carboxylic acids is 1. The molecule has 0 aliphatic heterocycles. The van der Waals surface area contributed by atoms with Gasteiger partial charge >= 0.3 is 5.97 Å². The summed E-state index contributed by atoms with van der Waals surface area (Å²) in [6, 6.07) is 0.327. The minimum absolute atomic E-state index is 0.320. The maximum Gasteiger partial charge on any atom is 0.331 e. The summed E-state index contributed by atoms with van der Waals surface area (Å²) >= 11 is 0. The van der Waals surface area contributed by atoms with Crippen LogP contribution >= 0.6 is 0 Å². The Kier molecular flexibility index (Phi) is 5.58. The van der Waals surface area contributed by atoms with Crippen molar-refractivity contribution in [3.05, 3.63) is 12.2 Å². The van der Waals surface area contributed by atoms with E-state index in [1.807, 2.05) is 0 Å². The summed E-state index contributed by atoms with van der Waals surface area (Å²) in [6.07, 6.45) is 0.574. The van der Waals surface area contributed by atoms with Crippen LogP contribution in [0.4, 0.5) is 0 Å². The fourth-order valence-electron chi connectivity index (χ4n) is 2.24. The first-order chi connectivity index (χ1) is 6.93. The summed E-state index contributed by atoms with van der Waals surface area (Å²) < 4.78 is 0.965. The van der Waals surface area contributed by atoms with E-state index in [2.05, 4.69) is 34.3 Å². The van der Waals surface area contributed by atoms with Crippen LogP contribution in [0.5, 0.6) is 0 Å². The molecule has 0 aromatic heterocycles. The molecular weight excluding hydrogens is 190 g/mol. The van der Waals surface area contributed by atoms with Crippen LogP contribution in [0.25, 0.3) is 0 Å². The van der Waals surface area contributed by atoms with Crippen LogP contribution < -0.4 is 0 Å². The molecule has 1 N–H and O–H groups in total. The summed E-state index contributed by atoms with van der Waals surface area (Å²) in [6.45, 7) is 15.3. The third-order valence-electron chi connectivity index (χ3n) is 3.67. The lowest BCUT2D eigenvalue weighted by Crippen LogP contribution is -2.54. The third-order valence-corrected chi connectivity index (χ3v) is 3.67. The van der Waals surface area contributed by atoms with Crippen LogP contribution in [0.1, 0.15) is 34.1 Å². The first kappa shape index (κ1) is 14.2. The zero-order valence-corrected chi connectivity index (χ0v) is 10.4. The molecule has 0 rings (SSSR count). The number of nitrogens with zero attached hydrogens (tertiary/aromatic N) is 1. The number of rotatable bonds is 7. The number of carbonyl (C=O) groups is 1. The smallest absolute Gasteiger partial charge is 0.331 e. The van der Waals surface area contributed by atoms with Gasteiger partial charge in [-0.25, -0.2) is 4.79 Å². The van der Waals surface area contributed by atoms with Crippen LogP contribution in [0.3, 0.4) is 0 Å². The highest BCUT2D eigenvalue weighted by Crippen LogP contribution is 2.19. The fraction of sp³-hybridized carbons (Fsp3) is 0.750. The van der Waals surface area contributed by atoms with Gasteiger partial charge in [-0.1, -0.05) is 6.58 Å². The van der Waals surface area contributed by atoms with E-state index in [4.69, 9.17) is 5.11 Å². The third kappa shape index (κ3) is 3.34. The molecule has 0 aromatic carbocycles. The number of carboxylic acids is 1. The van der Waals surface area contributed by atoms with E-state index in [-0.39, 0.29) is 0 Å². The van der Waals surface area contributed by atoms with Crippen molar-refractivity contribution in [1.82, 2.24) is 0 Å². The van der Waals surface area contributed by atoms with Crippen LogP contribution in [-0.2, 0) is 4.79 Å². The molecule has 0 bridgehead atoms. The topological polar surface area (TPSA) is 37.3 Å². The van der Waals surface area contributed by atoms with E-state index in [1.165, 1.54) is 0 Å². The van der Waals surface area contributed by atoms with Gasteiger partial charge in [-0.2, -0.15) is 0 Å². The van der Waals surface area contributed by atoms with Crippen molar-refractivity contribution >= 4 is 5.97 Å². The average Bonchev–Trinajstić information content (AvgIpc) is 2.21. The molecule has 0 spiro atoms. The molecule has 0 aliphatic carbocycles. The zero-order chi connectivity index (χ0) is 12.1. The molecule has 88 valence electrons. The lowest BCUT2D eigenvalue weighted by Gasteiger charge is -2.41. The minimum atomic E-state index is -0.872. The largest absolute Gasteiger partial charge is 0.478 e. The van der Waals surface area contributed by atoms with Crippen LogP contribution in [-0.4, -0.2) is 41.2 Å². The quantitative estimate of drug-likeness (QED) is 0.521. The highest BCUT2D eigenvalue weighted by atomic mass is 16.4. The molecule has 0 amide bonds. The van der Waals surface area contributed by atoms with Crippen molar-refractivity contribution in [2.75, 3.05) is 19.6 Å². The standard InChI is InChI=1S/C12H23NO2/c1-6-13(7-2,8-3)11(5)9-10(4)12(14)15/h11H,4,6-9H2,1-3,5H3/p+1. The molecule has 0 aromatic rings. The maximum absolute atomic E-state index is 10.7. The number of carboxylic acid groups (broad SMARTS) is 1. The summed E-state index contributed by atoms with van der Waals surface area (Å²) in [4.78, 5) is 10.7. The van der Waals surface area contributed by atoms with Crippen molar-refractivity contribution in [2.24, 2.45) is 0 Å². The van der Waals surface area contributed by atoms with Crippen molar-refractivity contribution in [2.45, 2.75) is 40.2 Å². The van der Waals surface area contributed by atoms with Gasteiger partial charge in [0.05, 0.1) is 25.7 Å². The van der Waals surface area contributed by atoms with Gasteiger partial charge in [-0.05, 0) is 27.7 Å². The van der Waals surface area contributed by atoms with Gasteiger partial charge in [0.1, 0.15) is 0 Å². The average molecular weight is 214 g/mol. The Morgan fingerprint density at radius 3 is 1.93 bits per heavy atom. The normalized spacial score (nSPS) is 13.6. The van der Waals surface area contributed by atoms with Crippen LogP contribution in [0, 0.1) is 0 Å². The molecule has 3 nitrogen and oxygen atoms in total. The number of hydrogen-bond acceptors (Lipinski definition) is 1. The van der Waals surface area contributed by atoms with Gasteiger partial charge in [0.15, 0.2) is 0 Å². The summed E-state index contributed by atoms with van der Waals surface area (Å²) in [5, 5.41) is 8.81. The molecule has 0 heterocycles. The summed E-state index contributed by atoms with van der Waals surface area (Å²) in [5.74, 6) is -0.872. The van der Waals surface area contributed by atoms with Crippen molar-refractivity contribution in [3.8, 4) is 0 Å². The second-order valence-corrected chi connectivity index (χ2v) is 4.13. The van der Waals surface area contributed by atoms with Gasteiger partial charge in [-0.3, -0.25) is 0 Å². The van der Waals surface area contributed by atoms with Crippen molar-refractivity contribution < 1.29 is 14.4 Å². The Hall–Kier alpha value is -0.830. The number of hydrogen-bond donors (Lipinski definition) is 1. The van der Waals surface area contributed by atoms with E-state index in [1.54, 1.807) is 0 Å². The molecule has 0 radical (unpaired) electrons. The second kappa shape index (κ2) is 5.91. The van der Waals surface area contributed by atoms with Crippen LogP contribution in [0.15, 0.2) is 12.2 Å². The fourth-order valence-corrected chi connectivity index (χ4v) is 2.24. The first-order valence-corrected chi connectivity index (χ1v) is 5.70. The molecule has 0 aliphatic rings. The van der Waals surface area contributed by atoms with E-state index in [0.717, 1.165) is 24.1 Å². The molecule has 1 atom stereocenters. The molecule has 0 fully saturated rings. The summed E-state index contributed by atoms with van der Waals surface area (Å²) in [7, 11) is 0. The molecule has 15 heavy (non-hydrogen) atoms. The first-order valence-electron chi connectivity index (χ1n) is 5.70. The van der Waals surface area contributed by atoms with Crippen molar-refractivity contribution in [3.63, 3.8) is 0 Å². The van der Waals surface area contributed by atoms with E-state index < -0.39 is 5.97 Å². The van der Waals surface area contributed by atoms with Gasteiger partial charge in [0, 0.05) is 12.0 Å². The molecule has 0 saturated heterocycles. The molecule has 3 heteroatoms. The molecule has 1 unspecified atom stereocenters. The lowest BCUT2D eigenvalue weighted by molar-refractivity contribution is -0.944. The van der Waals surface area contributed by atoms with Gasteiger partial charge in [0.2, 0.25) is 0 Å². The monoisotopic (exact) mass is 214 g/mol. The Morgan fingerprint density at radius 2 is 1.67 bits per heavy atom. The second-order valence-electron chi connectivity index (χ2n) is 4.13. The van der Waals surface area contributed by atoms with Gasteiger partial charge in [0.25, 0.3) is 0 Å². The Bertz CT molecular complexity index is 224. The maximum atomic E-state index is 10.7. The number of quaternary nitrogens is 1. The molecule has 0 saturated carbocycles. The van der Waals surface area contributed by atoms with E-state index in [0.29, 0.717) is 18.0 Å². The predicted octanol–water partition coefficient (Wildman–Crippen LogP) is 2.28. The Labute approximate surface area is 93.0 Å². The Balaban J connectivity index is 4.58. The van der Waals surface area contributed by atoms with E-state index in [9.17, 15) is 4.79 Å². The highest BCUT2D eigenvalue weighted by molar-refractivity contribution is 5.85. The minimum Gasteiger partial charge on any atom is -0.478 e. The molecular formula is C12H24NO2+. The van der Waals surface area contributed by atoms with E-state index >= 15 is 0 Å². The highest BCUT2D eigenvalue weighted by Gasteiger charge is 2.29.